The monoisotopic (exact) mass is 147 g/mol. The lowest BCUT2D eigenvalue weighted by atomic mass is 10.0. The Hall–Kier alpha value is -0.600. The smallest absolute Gasteiger partial charge is 0.217 e. The van der Waals surface area contributed by atoms with E-state index in [1.807, 2.05) is 0 Å². The predicted molar refractivity (Wildman–Crippen MR) is 38.5 cm³/mol. The summed E-state index contributed by atoms with van der Waals surface area (Å²) in [5.74, 6) is -0.196. The molecule has 60 valence electrons. The lowest BCUT2D eigenvalue weighted by molar-refractivity contribution is -0.120. The molecule has 0 fully saturated rings. The van der Waals surface area contributed by atoms with Gasteiger partial charge in [0.05, 0.1) is 6.04 Å². The second kappa shape index (κ2) is 2.99. The third-order valence-electron chi connectivity index (χ3n) is 1.45. The Morgan fingerprint density at radius 1 is 1.60 bits per heavy atom. The molecular weight excluding hydrogens is 133 g/mol. The maximum atomic E-state index is 12.9. The molecule has 0 aromatic heterocycles. The molecule has 10 heavy (non-hydrogen) atoms. The molecule has 0 aliphatic rings. The number of rotatable bonds is 2. The van der Waals surface area contributed by atoms with Gasteiger partial charge in [-0.3, -0.25) is 4.79 Å². The van der Waals surface area contributed by atoms with Crippen molar-refractivity contribution >= 4 is 5.91 Å². The average molecular weight is 147 g/mol. The van der Waals surface area contributed by atoms with Crippen LogP contribution in [0.5, 0.6) is 0 Å². The molecule has 0 aromatic carbocycles. The largest absolute Gasteiger partial charge is 0.351 e. The second-order valence-electron chi connectivity index (χ2n) is 2.99. The first-order valence-electron chi connectivity index (χ1n) is 3.30. The number of alkyl halides is 1. The van der Waals surface area contributed by atoms with Crippen molar-refractivity contribution in [2.24, 2.45) is 0 Å². The average Bonchev–Trinajstić information content (AvgIpc) is 1.60. The Balaban J connectivity index is 3.85. The zero-order valence-electron chi connectivity index (χ0n) is 6.86. The van der Waals surface area contributed by atoms with Gasteiger partial charge in [0.1, 0.15) is 5.67 Å². The van der Waals surface area contributed by atoms with Crippen LogP contribution in [0.4, 0.5) is 4.39 Å². The topological polar surface area (TPSA) is 29.1 Å². The van der Waals surface area contributed by atoms with Gasteiger partial charge < -0.3 is 5.32 Å². The lowest BCUT2D eigenvalue weighted by Crippen LogP contribution is -2.43. The van der Waals surface area contributed by atoms with Crippen LogP contribution in [0.3, 0.4) is 0 Å². The molecule has 0 bridgehead atoms. The molecular formula is C7H14FNO. The summed E-state index contributed by atoms with van der Waals surface area (Å²) in [6.45, 7) is 5.89. The first-order valence-corrected chi connectivity index (χ1v) is 3.30. The van der Waals surface area contributed by atoms with Gasteiger partial charge in [0.2, 0.25) is 5.91 Å². The van der Waals surface area contributed by atoms with Crippen LogP contribution in [0.2, 0.25) is 0 Å². The molecule has 0 aliphatic carbocycles. The van der Waals surface area contributed by atoms with E-state index < -0.39 is 11.7 Å². The van der Waals surface area contributed by atoms with E-state index in [0.717, 1.165) is 0 Å². The summed E-state index contributed by atoms with van der Waals surface area (Å²) in [6.07, 6.45) is 0. The standard InChI is InChI=1S/C7H14FNO/c1-5(7(3,4)8)9-6(2)10/h5H,1-4H3,(H,9,10). The highest BCUT2D eigenvalue weighted by molar-refractivity contribution is 5.73. The molecule has 0 aromatic rings. The molecule has 0 saturated carbocycles. The van der Waals surface area contributed by atoms with E-state index in [1.54, 1.807) is 6.92 Å². The minimum Gasteiger partial charge on any atom is -0.351 e. The Labute approximate surface area is 60.8 Å². The number of halogens is 1. The van der Waals surface area contributed by atoms with Crippen molar-refractivity contribution in [2.45, 2.75) is 39.4 Å². The van der Waals surface area contributed by atoms with Crippen LogP contribution in [0.25, 0.3) is 0 Å². The number of amides is 1. The number of carbonyl (C=O) groups excluding carboxylic acids is 1. The van der Waals surface area contributed by atoms with Crippen molar-refractivity contribution in [3.05, 3.63) is 0 Å². The summed E-state index contributed by atoms with van der Waals surface area (Å²) in [5.41, 5.74) is -1.34. The van der Waals surface area contributed by atoms with E-state index in [2.05, 4.69) is 5.32 Å². The van der Waals surface area contributed by atoms with Gasteiger partial charge in [0.25, 0.3) is 0 Å². The van der Waals surface area contributed by atoms with E-state index in [0.29, 0.717) is 0 Å². The Kier molecular flexibility index (Phi) is 2.81. The molecule has 0 radical (unpaired) electrons. The van der Waals surface area contributed by atoms with E-state index in [4.69, 9.17) is 0 Å². The van der Waals surface area contributed by atoms with Crippen molar-refractivity contribution in [2.75, 3.05) is 0 Å². The lowest BCUT2D eigenvalue weighted by Gasteiger charge is -2.23. The molecule has 0 aliphatic heterocycles. The predicted octanol–water partition coefficient (Wildman–Crippen LogP) is 1.26. The minimum absolute atomic E-state index is 0.196. The van der Waals surface area contributed by atoms with Crippen molar-refractivity contribution in [3.8, 4) is 0 Å². The van der Waals surface area contributed by atoms with Crippen molar-refractivity contribution < 1.29 is 9.18 Å². The van der Waals surface area contributed by atoms with Gasteiger partial charge in [-0.25, -0.2) is 4.39 Å². The van der Waals surface area contributed by atoms with Crippen LogP contribution in [0.15, 0.2) is 0 Å². The molecule has 0 saturated heterocycles. The zero-order valence-corrected chi connectivity index (χ0v) is 6.86. The Bertz CT molecular complexity index is 128. The van der Waals surface area contributed by atoms with Crippen LogP contribution < -0.4 is 5.32 Å². The third-order valence-corrected chi connectivity index (χ3v) is 1.45. The summed E-state index contributed by atoms with van der Waals surface area (Å²) in [7, 11) is 0. The molecule has 0 heterocycles. The number of carbonyl (C=O) groups is 1. The fraction of sp³-hybridized carbons (Fsp3) is 0.857. The fourth-order valence-electron chi connectivity index (χ4n) is 0.477. The third kappa shape index (κ3) is 3.43. The number of nitrogens with one attached hydrogen (secondary N) is 1. The normalized spacial score (nSPS) is 14.5. The van der Waals surface area contributed by atoms with E-state index in [9.17, 15) is 9.18 Å². The Morgan fingerprint density at radius 3 is 2.10 bits per heavy atom. The molecule has 1 atom stereocenters. The Morgan fingerprint density at radius 2 is 2.00 bits per heavy atom. The van der Waals surface area contributed by atoms with Gasteiger partial charge in [-0.2, -0.15) is 0 Å². The van der Waals surface area contributed by atoms with Crippen molar-refractivity contribution in [3.63, 3.8) is 0 Å². The van der Waals surface area contributed by atoms with Gasteiger partial charge in [-0.1, -0.05) is 0 Å². The van der Waals surface area contributed by atoms with Gasteiger partial charge >= 0.3 is 0 Å². The van der Waals surface area contributed by atoms with E-state index in [-0.39, 0.29) is 5.91 Å². The molecule has 0 spiro atoms. The molecule has 2 nitrogen and oxygen atoms in total. The first-order chi connectivity index (χ1) is 4.34. The SMILES string of the molecule is CC(=O)NC(C)C(C)(C)F. The van der Waals surface area contributed by atoms with Crippen molar-refractivity contribution in [1.82, 2.24) is 5.32 Å². The van der Waals surface area contributed by atoms with Crippen LogP contribution >= 0.6 is 0 Å². The minimum atomic E-state index is -1.34. The highest BCUT2D eigenvalue weighted by atomic mass is 19.1. The maximum Gasteiger partial charge on any atom is 0.217 e. The highest BCUT2D eigenvalue weighted by Crippen LogP contribution is 2.13. The van der Waals surface area contributed by atoms with Crippen LogP contribution in [-0.2, 0) is 4.79 Å². The summed E-state index contributed by atoms with van der Waals surface area (Å²) >= 11 is 0. The van der Waals surface area contributed by atoms with Gasteiger partial charge in [0, 0.05) is 6.92 Å². The molecule has 3 heteroatoms. The fourth-order valence-corrected chi connectivity index (χ4v) is 0.477. The second-order valence-corrected chi connectivity index (χ2v) is 2.99. The summed E-state index contributed by atoms with van der Waals surface area (Å²) in [4.78, 5) is 10.4. The molecule has 1 amide bonds. The van der Waals surface area contributed by atoms with Crippen molar-refractivity contribution in [1.29, 1.82) is 0 Å². The summed E-state index contributed by atoms with van der Waals surface area (Å²) in [6, 6.07) is -0.426. The van der Waals surface area contributed by atoms with Gasteiger partial charge in [-0.05, 0) is 20.8 Å². The van der Waals surface area contributed by atoms with E-state index >= 15 is 0 Å². The summed E-state index contributed by atoms with van der Waals surface area (Å²) < 4.78 is 12.9. The van der Waals surface area contributed by atoms with E-state index in [1.165, 1.54) is 20.8 Å². The molecule has 0 rings (SSSR count). The highest BCUT2D eigenvalue weighted by Gasteiger charge is 2.24. The van der Waals surface area contributed by atoms with Crippen LogP contribution in [-0.4, -0.2) is 17.6 Å². The van der Waals surface area contributed by atoms with Gasteiger partial charge in [-0.15, -0.1) is 0 Å². The molecule has 1 N–H and O–H groups in total. The first kappa shape index (κ1) is 9.40. The molecule has 1 unspecified atom stereocenters. The maximum absolute atomic E-state index is 12.9. The van der Waals surface area contributed by atoms with Gasteiger partial charge in [0.15, 0.2) is 0 Å². The van der Waals surface area contributed by atoms with Crippen LogP contribution in [0, 0.1) is 0 Å². The number of hydrogen-bond acceptors (Lipinski definition) is 1. The van der Waals surface area contributed by atoms with Crippen LogP contribution in [0.1, 0.15) is 27.7 Å². The number of hydrogen-bond donors (Lipinski definition) is 1. The summed E-state index contributed by atoms with van der Waals surface area (Å²) in [5, 5.41) is 2.47. The quantitative estimate of drug-likeness (QED) is 0.626. The zero-order chi connectivity index (χ0) is 8.36.